The molecule has 0 heteroatoms. The van der Waals surface area contributed by atoms with Gasteiger partial charge in [-0.3, -0.25) is 0 Å². The molecular weight excluding hydrogens is 180 g/mol. The lowest BCUT2D eigenvalue weighted by molar-refractivity contribution is 0.413. The van der Waals surface area contributed by atoms with Crippen molar-refractivity contribution in [2.45, 2.75) is 38.0 Å². The van der Waals surface area contributed by atoms with Crippen LogP contribution in [0.1, 0.15) is 44.9 Å². The Morgan fingerprint density at radius 2 is 1.93 bits per heavy atom. The largest absolute Gasteiger partial charge is 0.0844 e. The summed E-state index contributed by atoms with van der Waals surface area (Å²) in [4.78, 5) is 0. The fourth-order valence-corrected chi connectivity index (χ4v) is 3.06. The summed E-state index contributed by atoms with van der Waals surface area (Å²) in [5, 5.41) is 0. The number of hydrogen-bond acceptors (Lipinski definition) is 0. The molecule has 0 saturated heterocycles. The summed E-state index contributed by atoms with van der Waals surface area (Å²) in [6.45, 7) is 0. The Morgan fingerprint density at radius 3 is 2.80 bits per heavy atom. The van der Waals surface area contributed by atoms with E-state index in [-0.39, 0.29) is 6.40 Å². The highest BCUT2D eigenvalue weighted by molar-refractivity contribution is 5.30. The van der Waals surface area contributed by atoms with Crippen LogP contribution in [-0.4, -0.2) is 0 Å². The first-order valence-corrected chi connectivity index (χ1v) is 6.04. The minimum absolute atomic E-state index is 0.0134. The molecule has 0 aromatic heterocycles. The highest BCUT2D eigenvalue weighted by Crippen LogP contribution is 2.46. The minimum Gasteiger partial charge on any atom is -0.0844 e. The van der Waals surface area contributed by atoms with Gasteiger partial charge in [0.05, 0.1) is 0 Å². The van der Waals surface area contributed by atoms with Crippen LogP contribution in [0.5, 0.6) is 0 Å². The SMILES string of the molecule is [2H][C@H]1C=C2CCCC[C@@H]2[C@H]1c1ccccc1. The number of rotatable bonds is 1. The average molecular weight is 199 g/mol. The molecule has 0 aliphatic heterocycles. The smallest absolute Gasteiger partial charge is 0.0316 e. The van der Waals surface area contributed by atoms with Crippen molar-refractivity contribution in [3.05, 3.63) is 47.5 Å². The van der Waals surface area contributed by atoms with Gasteiger partial charge in [-0.05, 0) is 43.1 Å². The Morgan fingerprint density at radius 1 is 1.07 bits per heavy atom. The zero-order chi connectivity index (χ0) is 11.0. The van der Waals surface area contributed by atoms with Crippen molar-refractivity contribution in [2.75, 3.05) is 0 Å². The van der Waals surface area contributed by atoms with Gasteiger partial charge in [0.25, 0.3) is 0 Å². The molecule has 2 aliphatic rings. The van der Waals surface area contributed by atoms with Crippen molar-refractivity contribution < 1.29 is 1.37 Å². The Bertz CT molecular complexity index is 393. The predicted octanol–water partition coefficient (Wildman–Crippen LogP) is 4.29. The Hall–Kier alpha value is -1.04. The maximum absolute atomic E-state index is 8.25. The highest BCUT2D eigenvalue weighted by atomic mass is 14.4. The van der Waals surface area contributed by atoms with E-state index in [1.807, 2.05) is 0 Å². The summed E-state index contributed by atoms with van der Waals surface area (Å²) >= 11 is 0. The summed E-state index contributed by atoms with van der Waals surface area (Å²) in [5.41, 5.74) is 2.93. The molecule has 2 aliphatic carbocycles. The van der Waals surface area contributed by atoms with Crippen molar-refractivity contribution in [3.63, 3.8) is 0 Å². The Labute approximate surface area is 93.4 Å². The third-order valence-corrected chi connectivity index (χ3v) is 3.84. The van der Waals surface area contributed by atoms with Crippen LogP contribution in [0.15, 0.2) is 42.0 Å². The van der Waals surface area contributed by atoms with Crippen molar-refractivity contribution in [2.24, 2.45) is 5.92 Å². The molecule has 3 atom stereocenters. The maximum Gasteiger partial charge on any atom is 0.0316 e. The predicted molar refractivity (Wildman–Crippen MR) is 63.8 cm³/mol. The van der Waals surface area contributed by atoms with Gasteiger partial charge in [-0.25, -0.2) is 0 Å². The van der Waals surface area contributed by atoms with Gasteiger partial charge in [0, 0.05) is 1.37 Å². The van der Waals surface area contributed by atoms with Gasteiger partial charge in [0.15, 0.2) is 0 Å². The molecule has 0 unspecified atom stereocenters. The molecule has 0 amide bonds. The van der Waals surface area contributed by atoms with E-state index in [4.69, 9.17) is 1.37 Å². The second-order valence-corrected chi connectivity index (χ2v) is 4.72. The van der Waals surface area contributed by atoms with Gasteiger partial charge in [0.2, 0.25) is 0 Å². The second-order valence-electron chi connectivity index (χ2n) is 4.72. The summed E-state index contributed by atoms with van der Waals surface area (Å²) < 4.78 is 8.25. The Balaban J connectivity index is 1.92. The third kappa shape index (κ3) is 1.62. The monoisotopic (exact) mass is 199 g/mol. The van der Waals surface area contributed by atoms with E-state index in [2.05, 4.69) is 36.4 Å². The van der Waals surface area contributed by atoms with Crippen molar-refractivity contribution in [3.8, 4) is 0 Å². The van der Waals surface area contributed by atoms with Crippen LogP contribution < -0.4 is 0 Å². The lowest BCUT2D eigenvalue weighted by atomic mass is 9.78. The summed E-state index contributed by atoms with van der Waals surface area (Å²) in [7, 11) is 0. The number of fused-ring (bicyclic) bond motifs is 1. The maximum atomic E-state index is 8.25. The lowest BCUT2D eigenvalue weighted by Crippen LogP contribution is -2.13. The molecule has 1 fully saturated rings. The third-order valence-electron chi connectivity index (χ3n) is 3.84. The van der Waals surface area contributed by atoms with E-state index in [0.29, 0.717) is 11.8 Å². The molecular formula is C15H18. The van der Waals surface area contributed by atoms with E-state index in [1.54, 1.807) is 5.57 Å². The molecule has 0 nitrogen and oxygen atoms in total. The first-order valence-electron chi connectivity index (χ1n) is 6.62. The van der Waals surface area contributed by atoms with Crippen LogP contribution in [0, 0.1) is 5.92 Å². The van der Waals surface area contributed by atoms with Gasteiger partial charge in [0.1, 0.15) is 0 Å². The molecule has 0 spiro atoms. The van der Waals surface area contributed by atoms with Crippen LogP contribution in [-0.2, 0) is 0 Å². The molecule has 1 aromatic rings. The van der Waals surface area contributed by atoms with Crippen LogP contribution >= 0.6 is 0 Å². The standard InChI is InChI=1S/C15H18/c1-2-6-12(7-3-1)15-11-10-13-8-4-5-9-14(13)15/h1-3,6-7,10,14-15H,4-5,8-9,11H2/t14-,15+/m0/s1/i11D/t11-,14-,15+. The fraction of sp³-hybridized carbons (Fsp3) is 0.467. The molecule has 3 rings (SSSR count). The normalized spacial score (nSPS) is 35.6. The fourth-order valence-electron chi connectivity index (χ4n) is 3.06. The van der Waals surface area contributed by atoms with E-state index >= 15 is 0 Å². The highest BCUT2D eigenvalue weighted by Gasteiger charge is 2.31. The van der Waals surface area contributed by atoms with Crippen LogP contribution in [0.25, 0.3) is 0 Å². The van der Waals surface area contributed by atoms with Gasteiger partial charge in [-0.15, -0.1) is 0 Å². The van der Waals surface area contributed by atoms with Crippen LogP contribution in [0.3, 0.4) is 0 Å². The molecule has 0 heterocycles. The molecule has 0 bridgehead atoms. The van der Waals surface area contributed by atoms with E-state index in [9.17, 15) is 0 Å². The van der Waals surface area contributed by atoms with Crippen molar-refractivity contribution in [1.29, 1.82) is 0 Å². The second kappa shape index (κ2) is 3.84. The number of allylic oxidation sites excluding steroid dienone is 2. The molecule has 1 aromatic carbocycles. The van der Waals surface area contributed by atoms with Gasteiger partial charge < -0.3 is 0 Å². The van der Waals surface area contributed by atoms with Gasteiger partial charge in [-0.2, -0.15) is 0 Å². The first-order chi connectivity index (χ1) is 7.86. The zero-order valence-electron chi connectivity index (χ0n) is 10.0. The molecule has 15 heavy (non-hydrogen) atoms. The minimum atomic E-state index is -0.0134. The zero-order valence-corrected chi connectivity index (χ0v) is 9.02. The summed E-state index contributed by atoms with van der Waals surface area (Å²) in [5.74, 6) is 1.09. The number of hydrogen-bond donors (Lipinski definition) is 0. The average Bonchev–Trinajstić information content (AvgIpc) is 2.66. The van der Waals surface area contributed by atoms with Gasteiger partial charge >= 0.3 is 0 Å². The molecule has 0 N–H and O–H groups in total. The molecule has 1 saturated carbocycles. The quantitative estimate of drug-likeness (QED) is 0.592. The van der Waals surface area contributed by atoms with Crippen molar-refractivity contribution in [1.82, 2.24) is 0 Å². The van der Waals surface area contributed by atoms with E-state index < -0.39 is 0 Å². The Kier molecular flexibility index (Phi) is 2.09. The number of benzene rings is 1. The van der Waals surface area contributed by atoms with Gasteiger partial charge in [-0.1, -0.05) is 48.4 Å². The van der Waals surface area contributed by atoms with Crippen molar-refractivity contribution >= 4 is 0 Å². The first kappa shape index (κ1) is 8.15. The van der Waals surface area contributed by atoms with Crippen LogP contribution in [0.2, 0.25) is 0 Å². The molecule has 0 radical (unpaired) electrons. The van der Waals surface area contributed by atoms with E-state index in [0.717, 1.165) is 0 Å². The lowest BCUT2D eigenvalue weighted by Gasteiger charge is -2.27. The molecule has 78 valence electrons. The summed E-state index contributed by atoms with van der Waals surface area (Å²) in [6, 6.07) is 10.6. The van der Waals surface area contributed by atoms with Crippen LogP contribution in [0.4, 0.5) is 0 Å². The summed E-state index contributed by atoms with van der Waals surface area (Å²) in [6.07, 6.45) is 7.42. The van der Waals surface area contributed by atoms with E-state index in [1.165, 1.54) is 31.2 Å². The topological polar surface area (TPSA) is 0 Å².